The van der Waals surface area contributed by atoms with Crippen LogP contribution in [0.15, 0.2) is 54.9 Å². The van der Waals surface area contributed by atoms with Crippen molar-refractivity contribution in [3.05, 3.63) is 66.0 Å². The number of likely N-dealkylation sites (tertiary alicyclic amines) is 1. The van der Waals surface area contributed by atoms with Gasteiger partial charge in [-0.1, -0.05) is 44.2 Å². The molecule has 1 aliphatic rings. The van der Waals surface area contributed by atoms with Crippen LogP contribution in [0.25, 0.3) is 0 Å². The summed E-state index contributed by atoms with van der Waals surface area (Å²) in [6.07, 6.45) is 4.87. The zero-order valence-electron chi connectivity index (χ0n) is 18.1. The Morgan fingerprint density at radius 1 is 1.06 bits per heavy atom. The number of nitrogens with zero attached hydrogens (tertiary/aromatic N) is 2. The lowest BCUT2D eigenvalue weighted by Gasteiger charge is -2.35. The van der Waals surface area contributed by atoms with Crippen LogP contribution in [0.5, 0.6) is 0 Å². The lowest BCUT2D eigenvalue weighted by atomic mass is 10.0. The molecule has 2 N–H and O–H groups in total. The Kier molecular flexibility index (Phi) is 7.76. The largest absolute Gasteiger partial charge is 0.349 e. The first-order chi connectivity index (χ1) is 14.9. The molecule has 1 aromatic heterocycles. The van der Waals surface area contributed by atoms with E-state index in [2.05, 4.69) is 15.6 Å². The number of nitrogens with one attached hydrogen (secondary N) is 2. The van der Waals surface area contributed by atoms with Crippen molar-refractivity contribution in [3.63, 3.8) is 0 Å². The fourth-order valence-corrected chi connectivity index (χ4v) is 3.72. The van der Waals surface area contributed by atoms with Crippen LogP contribution in [0.4, 0.5) is 0 Å². The van der Waals surface area contributed by atoms with Crippen LogP contribution >= 0.6 is 0 Å². The fraction of sp³-hybridized carbons (Fsp3) is 0.417. The minimum atomic E-state index is -0.700. The zero-order chi connectivity index (χ0) is 22.2. The van der Waals surface area contributed by atoms with E-state index >= 15 is 0 Å². The third-order valence-corrected chi connectivity index (χ3v) is 5.34. The first-order valence-electron chi connectivity index (χ1n) is 10.8. The van der Waals surface area contributed by atoms with Gasteiger partial charge in [-0.25, -0.2) is 0 Å². The molecular formula is C24H30N4O3. The highest BCUT2D eigenvalue weighted by atomic mass is 16.2. The Balaban J connectivity index is 1.61. The highest BCUT2D eigenvalue weighted by Gasteiger charge is 2.31. The maximum atomic E-state index is 13.3. The van der Waals surface area contributed by atoms with Gasteiger partial charge >= 0.3 is 0 Å². The second-order valence-corrected chi connectivity index (χ2v) is 8.32. The maximum Gasteiger partial charge on any atom is 0.253 e. The average molecular weight is 423 g/mol. The molecular weight excluding hydrogens is 392 g/mol. The molecule has 0 saturated carbocycles. The standard InChI is InChI=1S/C24H30N4O3/c1-17(2)15-21(29)27-22(18-7-4-3-5-8-18)24(31)28-13-10-20(11-14-28)26-23(30)19-9-6-12-25-16-19/h3-9,12,16-17,20,22H,10-11,13-15H2,1-2H3,(H,26,30)(H,27,29). The van der Waals surface area contributed by atoms with Gasteiger partial charge in [0.1, 0.15) is 6.04 Å². The minimum absolute atomic E-state index is 0.00228. The van der Waals surface area contributed by atoms with Crippen LogP contribution in [0.3, 0.4) is 0 Å². The SMILES string of the molecule is CC(C)CC(=O)NC(C(=O)N1CCC(NC(=O)c2cccnc2)CC1)c1ccccc1. The van der Waals surface area contributed by atoms with E-state index in [1.807, 2.05) is 44.2 Å². The van der Waals surface area contributed by atoms with Crippen molar-refractivity contribution in [2.75, 3.05) is 13.1 Å². The molecule has 1 atom stereocenters. The molecule has 7 heteroatoms. The Bertz CT molecular complexity index is 878. The first-order valence-corrected chi connectivity index (χ1v) is 10.8. The highest BCUT2D eigenvalue weighted by molar-refractivity contribution is 5.94. The molecule has 3 rings (SSSR count). The third kappa shape index (κ3) is 6.38. The van der Waals surface area contributed by atoms with Gasteiger partial charge in [-0.05, 0) is 36.5 Å². The fourth-order valence-electron chi connectivity index (χ4n) is 3.72. The van der Waals surface area contributed by atoms with E-state index in [4.69, 9.17) is 0 Å². The lowest BCUT2D eigenvalue weighted by Crippen LogP contribution is -2.50. The van der Waals surface area contributed by atoms with Gasteiger partial charge in [-0.15, -0.1) is 0 Å². The van der Waals surface area contributed by atoms with E-state index in [9.17, 15) is 14.4 Å². The minimum Gasteiger partial charge on any atom is -0.349 e. The predicted octanol–water partition coefficient (Wildman–Crippen LogP) is 2.71. The van der Waals surface area contributed by atoms with E-state index < -0.39 is 6.04 Å². The van der Waals surface area contributed by atoms with Crippen LogP contribution in [-0.2, 0) is 9.59 Å². The molecule has 164 valence electrons. The van der Waals surface area contributed by atoms with Gasteiger partial charge in [0.2, 0.25) is 11.8 Å². The quantitative estimate of drug-likeness (QED) is 0.718. The number of pyridine rings is 1. The molecule has 2 aromatic rings. The molecule has 1 aliphatic heterocycles. The second kappa shape index (κ2) is 10.7. The van der Waals surface area contributed by atoms with E-state index in [1.54, 1.807) is 23.2 Å². The van der Waals surface area contributed by atoms with Gasteiger partial charge in [0.05, 0.1) is 5.56 Å². The van der Waals surface area contributed by atoms with E-state index in [0.29, 0.717) is 37.9 Å². The molecule has 0 bridgehead atoms. The summed E-state index contributed by atoms with van der Waals surface area (Å²) in [6, 6.07) is 12.1. The van der Waals surface area contributed by atoms with Crippen molar-refractivity contribution in [2.45, 2.75) is 45.2 Å². The van der Waals surface area contributed by atoms with E-state index in [1.165, 1.54) is 6.20 Å². The molecule has 0 radical (unpaired) electrons. The van der Waals surface area contributed by atoms with Gasteiger partial charge in [0.15, 0.2) is 0 Å². The van der Waals surface area contributed by atoms with Gasteiger partial charge in [0.25, 0.3) is 5.91 Å². The number of carbonyl (C=O) groups excluding carboxylic acids is 3. The van der Waals surface area contributed by atoms with Crippen molar-refractivity contribution < 1.29 is 14.4 Å². The van der Waals surface area contributed by atoms with Crippen molar-refractivity contribution in [1.29, 1.82) is 0 Å². The number of piperidine rings is 1. The van der Waals surface area contributed by atoms with Crippen LogP contribution in [0.1, 0.15) is 55.1 Å². The summed E-state index contributed by atoms with van der Waals surface area (Å²) in [5.41, 5.74) is 1.30. The number of hydrogen-bond donors (Lipinski definition) is 2. The van der Waals surface area contributed by atoms with Crippen molar-refractivity contribution in [1.82, 2.24) is 20.5 Å². The summed E-state index contributed by atoms with van der Waals surface area (Å²) in [6.45, 7) is 5.01. The monoisotopic (exact) mass is 422 g/mol. The van der Waals surface area contributed by atoms with Gasteiger partial charge < -0.3 is 15.5 Å². The third-order valence-electron chi connectivity index (χ3n) is 5.34. The number of hydrogen-bond acceptors (Lipinski definition) is 4. The zero-order valence-corrected chi connectivity index (χ0v) is 18.1. The second-order valence-electron chi connectivity index (χ2n) is 8.32. The predicted molar refractivity (Wildman–Crippen MR) is 118 cm³/mol. The lowest BCUT2D eigenvalue weighted by molar-refractivity contribution is -0.137. The molecule has 3 amide bonds. The smallest absolute Gasteiger partial charge is 0.253 e. The van der Waals surface area contributed by atoms with E-state index in [0.717, 1.165) is 5.56 Å². The van der Waals surface area contributed by atoms with Crippen LogP contribution in [-0.4, -0.2) is 46.7 Å². The Morgan fingerprint density at radius 3 is 2.39 bits per heavy atom. The van der Waals surface area contributed by atoms with Gasteiger partial charge in [0, 0.05) is 37.9 Å². The molecule has 1 aromatic carbocycles. The first kappa shape index (κ1) is 22.5. The molecule has 1 unspecified atom stereocenters. The molecule has 0 spiro atoms. The Hall–Kier alpha value is -3.22. The van der Waals surface area contributed by atoms with Crippen molar-refractivity contribution >= 4 is 17.7 Å². The molecule has 31 heavy (non-hydrogen) atoms. The van der Waals surface area contributed by atoms with Crippen LogP contribution in [0.2, 0.25) is 0 Å². The highest BCUT2D eigenvalue weighted by Crippen LogP contribution is 2.20. The van der Waals surface area contributed by atoms with E-state index in [-0.39, 0.29) is 29.7 Å². The van der Waals surface area contributed by atoms with Crippen LogP contribution in [0, 0.1) is 5.92 Å². The molecule has 1 fully saturated rings. The number of amides is 3. The normalized spacial score (nSPS) is 15.4. The molecule has 1 saturated heterocycles. The number of carbonyl (C=O) groups is 3. The summed E-state index contributed by atoms with van der Waals surface area (Å²) >= 11 is 0. The summed E-state index contributed by atoms with van der Waals surface area (Å²) in [7, 11) is 0. The molecule has 7 nitrogen and oxygen atoms in total. The molecule has 0 aliphatic carbocycles. The Morgan fingerprint density at radius 2 is 1.77 bits per heavy atom. The van der Waals surface area contributed by atoms with Crippen LogP contribution < -0.4 is 10.6 Å². The topological polar surface area (TPSA) is 91.4 Å². The summed E-state index contributed by atoms with van der Waals surface area (Å²) < 4.78 is 0. The average Bonchev–Trinajstić information content (AvgIpc) is 2.78. The molecule has 2 heterocycles. The van der Waals surface area contributed by atoms with Gasteiger partial charge in [-0.2, -0.15) is 0 Å². The Labute approximate surface area is 183 Å². The number of benzene rings is 1. The number of rotatable bonds is 7. The summed E-state index contributed by atoms with van der Waals surface area (Å²) in [5.74, 6) is -0.178. The van der Waals surface area contributed by atoms with Gasteiger partial charge in [-0.3, -0.25) is 19.4 Å². The maximum absolute atomic E-state index is 13.3. The number of aromatic nitrogens is 1. The van der Waals surface area contributed by atoms with Crippen molar-refractivity contribution in [3.8, 4) is 0 Å². The summed E-state index contributed by atoms with van der Waals surface area (Å²) in [4.78, 5) is 43.8. The summed E-state index contributed by atoms with van der Waals surface area (Å²) in [5, 5.41) is 5.94. The van der Waals surface area contributed by atoms with Crippen molar-refractivity contribution in [2.24, 2.45) is 5.92 Å².